The van der Waals surface area contributed by atoms with Crippen LogP contribution in [0.3, 0.4) is 0 Å². The highest BCUT2D eigenvalue weighted by atomic mass is 32.3. The Kier molecular flexibility index (Phi) is 6.64. The zero-order valence-corrected chi connectivity index (χ0v) is 12.5. The molecule has 1 N–H and O–H groups in total. The second-order valence-corrected chi connectivity index (χ2v) is 6.36. The first-order chi connectivity index (χ1) is 8.87. The number of rotatable bonds is 8. The highest BCUT2D eigenvalue weighted by molar-refractivity contribution is 8.02. The molecule has 0 fully saturated rings. The summed E-state index contributed by atoms with van der Waals surface area (Å²) in [6.45, 7) is 4.95. The van der Waals surface area contributed by atoms with E-state index in [1.165, 1.54) is 0 Å². The molecular weight excluding hydrogens is 288 g/mol. The first kappa shape index (κ1) is 16.3. The minimum atomic E-state index is -4.38. The lowest BCUT2D eigenvalue weighted by molar-refractivity contribution is 0.289. The standard InChI is InChI=1S/C12H18O5S2/c1-10(2)7-8-16-12-5-3-11(4-6-12)9-18-17-19(13,14)15/h3-6,10H,7-9H2,1-2H3,(H,13,14,15). The Hall–Kier alpha value is -0.760. The zero-order chi connectivity index (χ0) is 14.3. The van der Waals surface area contributed by atoms with Gasteiger partial charge in [-0.25, -0.2) is 0 Å². The van der Waals surface area contributed by atoms with Gasteiger partial charge in [0.2, 0.25) is 0 Å². The van der Waals surface area contributed by atoms with E-state index >= 15 is 0 Å². The van der Waals surface area contributed by atoms with Gasteiger partial charge in [0, 0.05) is 17.8 Å². The maximum Gasteiger partial charge on any atom is 0.408 e. The monoisotopic (exact) mass is 306 g/mol. The van der Waals surface area contributed by atoms with Gasteiger partial charge in [0.25, 0.3) is 0 Å². The Morgan fingerprint density at radius 1 is 1.26 bits per heavy atom. The SMILES string of the molecule is CC(C)CCOc1ccc(CSOS(=O)(=O)O)cc1. The number of hydrogen-bond donors (Lipinski definition) is 1. The summed E-state index contributed by atoms with van der Waals surface area (Å²) in [5.41, 5.74) is 0.879. The topological polar surface area (TPSA) is 72.8 Å². The molecule has 108 valence electrons. The van der Waals surface area contributed by atoms with Gasteiger partial charge in [-0.15, -0.1) is 0 Å². The van der Waals surface area contributed by atoms with Gasteiger partial charge in [0.1, 0.15) is 5.75 Å². The van der Waals surface area contributed by atoms with Gasteiger partial charge in [-0.05, 0) is 30.0 Å². The molecule has 0 aliphatic carbocycles. The van der Waals surface area contributed by atoms with Crippen LogP contribution in [0.1, 0.15) is 25.8 Å². The molecule has 0 aliphatic rings. The largest absolute Gasteiger partial charge is 0.494 e. The molecule has 0 heterocycles. The van der Waals surface area contributed by atoms with Crippen LogP contribution in [0.4, 0.5) is 0 Å². The summed E-state index contributed by atoms with van der Waals surface area (Å²) >= 11 is 0.662. The second kappa shape index (κ2) is 7.74. The van der Waals surface area contributed by atoms with Gasteiger partial charge in [0.05, 0.1) is 6.61 Å². The first-order valence-corrected chi connectivity index (χ1v) is 8.14. The zero-order valence-electron chi connectivity index (χ0n) is 10.9. The quantitative estimate of drug-likeness (QED) is 0.588. The van der Waals surface area contributed by atoms with Gasteiger partial charge in [-0.2, -0.15) is 12.0 Å². The first-order valence-electron chi connectivity index (χ1n) is 5.87. The molecule has 1 aromatic rings. The number of ether oxygens (including phenoxy) is 1. The number of hydrogen-bond acceptors (Lipinski definition) is 5. The molecule has 1 rings (SSSR count). The fourth-order valence-electron chi connectivity index (χ4n) is 1.25. The maximum absolute atomic E-state index is 10.3. The molecule has 0 saturated carbocycles. The summed E-state index contributed by atoms with van der Waals surface area (Å²) in [6, 6.07) is 7.30. The molecule has 0 amide bonds. The van der Waals surface area contributed by atoms with Gasteiger partial charge in [-0.3, -0.25) is 4.55 Å². The van der Waals surface area contributed by atoms with E-state index in [4.69, 9.17) is 9.29 Å². The van der Waals surface area contributed by atoms with E-state index in [0.717, 1.165) is 17.7 Å². The van der Waals surface area contributed by atoms with Crippen LogP contribution in [0, 0.1) is 5.92 Å². The third kappa shape index (κ3) is 8.10. The van der Waals surface area contributed by atoms with Gasteiger partial charge in [0.15, 0.2) is 0 Å². The van der Waals surface area contributed by atoms with Crippen LogP contribution in [0.25, 0.3) is 0 Å². The summed E-state index contributed by atoms with van der Waals surface area (Å²) in [6.07, 6.45) is 1.000. The molecule has 0 saturated heterocycles. The molecule has 0 atom stereocenters. The van der Waals surface area contributed by atoms with Crippen LogP contribution in [0.15, 0.2) is 24.3 Å². The van der Waals surface area contributed by atoms with Crippen molar-refractivity contribution in [3.05, 3.63) is 29.8 Å². The smallest absolute Gasteiger partial charge is 0.408 e. The molecule has 5 nitrogen and oxygen atoms in total. The predicted octanol–water partition coefficient (Wildman–Crippen LogP) is 3.08. The second-order valence-electron chi connectivity index (χ2n) is 4.43. The van der Waals surface area contributed by atoms with E-state index in [1.807, 2.05) is 24.3 Å². The van der Waals surface area contributed by atoms with Crippen LogP contribution >= 0.6 is 12.0 Å². The lowest BCUT2D eigenvalue weighted by Crippen LogP contribution is -2.01. The van der Waals surface area contributed by atoms with Gasteiger partial charge < -0.3 is 4.74 Å². The Labute approximate surface area is 118 Å². The minimum absolute atomic E-state index is 0.325. The average Bonchev–Trinajstić information content (AvgIpc) is 2.29. The minimum Gasteiger partial charge on any atom is -0.494 e. The van der Waals surface area contributed by atoms with Crippen molar-refractivity contribution in [1.82, 2.24) is 0 Å². The molecule has 0 unspecified atom stereocenters. The average molecular weight is 306 g/mol. The third-order valence-electron chi connectivity index (χ3n) is 2.25. The normalized spacial score (nSPS) is 11.8. The van der Waals surface area contributed by atoms with E-state index in [2.05, 4.69) is 17.5 Å². The summed E-state index contributed by atoms with van der Waals surface area (Å²) in [4.78, 5) is 0. The molecular formula is C12H18O5S2. The molecule has 0 radical (unpaired) electrons. The lowest BCUT2D eigenvalue weighted by Gasteiger charge is -2.08. The van der Waals surface area contributed by atoms with Crippen LogP contribution in [0.2, 0.25) is 0 Å². The van der Waals surface area contributed by atoms with Crippen LogP contribution in [-0.2, 0) is 19.8 Å². The van der Waals surface area contributed by atoms with Crippen LogP contribution in [0.5, 0.6) is 5.75 Å². The molecule has 19 heavy (non-hydrogen) atoms. The molecule has 7 heteroatoms. The third-order valence-corrected chi connectivity index (χ3v) is 3.77. The highest BCUT2D eigenvalue weighted by Gasteiger charge is 2.05. The van der Waals surface area contributed by atoms with Crippen molar-refractivity contribution < 1.29 is 21.3 Å². The summed E-state index contributed by atoms with van der Waals surface area (Å²) in [7, 11) is -4.38. The predicted molar refractivity (Wildman–Crippen MR) is 75.3 cm³/mol. The summed E-state index contributed by atoms with van der Waals surface area (Å²) in [5.74, 6) is 1.71. The Morgan fingerprint density at radius 3 is 2.42 bits per heavy atom. The highest BCUT2D eigenvalue weighted by Crippen LogP contribution is 2.19. The van der Waals surface area contributed by atoms with E-state index in [-0.39, 0.29) is 0 Å². The fraction of sp³-hybridized carbons (Fsp3) is 0.500. The van der Waals surface area contributed by atoms with Crippen molar-refractivity contribution in [2.75, 3.05) is 6.61 Å². The van der Waals surface area contributed by atoms with E-state index < -0.39 is 10.4 Å². The van der Waals surface area contributed by atoms with Crippen LogP contribution < -0.4 is 4.74 Å². The molecule has 0 aliphatic heterocycles. The van der Waals surface area contributed by atoms with Crippen molar-refractivity contribution in [2.45, 2.75) is 26.0 Å². The molecule has 0 bridgehead atoms. The van der Waals surface area contributed by atoms with E-state index in [1.54, 1.807) is 0 Å². The van der Waals surface area contributed by atoms with Crippen molar-refractivity contribution in [1.29, 1.82) is 0 Å². The van der Waals surface area contributed by atoms with E-state index in [0.29, 0.717) is 30.3 Å². The Bertz CT molecular complexity index is 467. The maximum atomic E-state index is 10.3. The van der Waals surface area contributed by atoms with Gasteiger partial charge >= 0.3 is 10.4 Å². The van der Waals surface area contributed by atoms with Crippen molar-refractivity contribution in [3.63, 3.8) is 0 Å². The van der Waals surface area contributed by atoms with Crippen molar-refractivity contribution >= 4 is 22.4 Å². The van der Waals surface area contributed by atoms with Crippen LogP contribution in [-0.4, -0.2) is 19.6 Å². The van der Waals surface area contributed by atoms with Crippen molar-refractivity contribution in [2.24, 2.45) is 5.92 Å². The molecule has 1 aromatic carbocycles. The number of benzene rings is 1. The fourth-order valence-corrected chi connectivity index (χ4v) is 2.25. The molecule has 0 spiro atoms. The van der Waals surface area contributed by atoms with E-state index in [9.17, 15) is 8.42 Å². The van der Waals surface area contributed by atoms with Crippen molar-refractivity contribution in [3.8, 4) is 5.75 Å². The Morgan fingerprint density at radius 2 is 1.89 bits per heavy atom. The summed E-state index contributed by atoms with van der Waals surface area (Å²) in [5, 5.41) is 0. The summed E-state index contributed by atoms with van der Waals surface area (Å²) < 4.78 is 38.8. The Balaban J connectivity index is 2.35. The van der Waals surface area contributed by atoms with Gasteiger partial charge in [-0.1, -0.05) is 26.0 Å². The molecule has 0 aromatic heterocycles. The lowest BCUT2D eigenvalue weighted by atomic mass is 10.1.